The predicted molar refractivity (Wildman–Crippen MR) is 139 cm³/mol. The van der Waals surface area contributed by atoms with E-state index in [-0.39, 0.29) is 25.4 Å². The number of carbonyl (C=O) groups is 3. The third-order valence-electron chi connectivity index (χ3n) is 7.88. The molecule has 0 radical (unpaired) electrons. The van der Waals surface area contributed by atoms with Crippen molar-refractivity contribution < 1.29 is 54.2 Å². The lowest BCUT2D eigenvalue weighted by Crippen LogP contribution is -2.58. The second-order valence-electron chi connectivity index (χ2n) is 11.0. The van der Waals surface area contributed by atoms with Crippen LogP contribution in [0.2, 0.25) is 0 Å². The molecule has 0 aliphatic carbocycles. The Bertz CT molecular complexity index is 797. The molecule has 4 unspecified atom stereocenters. The number of rotatable bonds is 16. The lowest BCUT2D eigenvalue weighted by atomic mass is 9.93. The van der Waals surface area contributed by atoms with Crippen molar-refractivity contribution in [1.29, 1.82) is 0 Å². The van der Waals surface area contributed by atoms with Gasteiger partial charge in [0.1, 0.15) is 24.4 Å². The highest BCUT2D eigenvalue weighted by Crippen LogP contribution is 2.24. The van der Waals surface area contributed by atoms with Crippen LogP contribution >= 0.6 is 0 Å². The summed E-state index contributed by atoms with van der Waals surface area (Å²) < 4.78 is 11.3. The summed E-state index contributed by atoms with van der Waals surface area (Å²) in [6.45, 7) is 2.40. The first kappa shape index (κ1) is 32.8. The zero-order valence-corrected chi connectivity index (χ0v) is 23.1. The van der Waals surface area contributed by atoms with Crippen LogP contribution in [0.3, 0.4) is 0 Å². The molecule has 0 aromatic heterocycles. The largest absolute Gasteiger partial charge is 0.394 e. The zero-order valence-electron chi connectivity index (χ0n) is 23.1. The zero-order chi connectivity index (χ0) is 29.1. The molecular weight excluding hydrogens is 528 g/mol. The molecule has 3 aliphatic heterocycles. The fourth-order valence-electron chi connectivity index (χ4n) is 5.47. The van der Waals surface area contributed by atoms with Gasteiger partial charge in [-0.05, 0) is 71.0 Å². The summed E-state index contributed by atoms with van der Waals surface area (Å²) in [7, 11) is 0. The van der Waals surface area contributed by atoms with Crippen molar-refractivity contribution in [3.05, 3.63) is 0 Å². The first-order valence-corrected chi connectivity index (χ1v) is 14.6. The van der Waals surface area contributed by atoms with E-state index < -0.39 is 61.0 Å². The number of nitrogens with zero attached hydrogens (tertiary/aromatic N) is 2. The second-order valence-corrected chi connectivity index (χ2v) is 11.0. The van der Waals surface area contributed by atoms with Crippen LogP contribution in [0.25, 0.3) is 0 Å². The lowest BCUT2D eigenvalue weighted by molar-refractivity contribution is -0.230. The molecule has 7 atom stereocenters. The van der Waals surface area contributed by atoms with Gasteiger partial charge >= 0.3 is 5.97 Å². The van der Waals surface area contributed by atoms with Gasteiger partial charge in [-0.25, -0.2) is 4.79 Å². The molecular formula is C27H46N2O11. The van der Waals surface area contributed by atoms with Crippen LogP contribution in [0.4, 0.5) is 0 Å². The molecule has 3 aliphatic rings. The Balaban J connectivity index is 1.41. The van der Waals surface area contributed by atoms with Crippen LogP contribution in [-0.4, -0.2) is 129 Å². The second kappa shape index (κ2) is 16.7. The first-order valence-electron chi connectivity index (χ1n) is 14.6. The maximum Gasteiger partial charge on any atom is 0.333 e. The molecule has 0 aromatic carbocycles. The topological polar surface area (TPSA) is 187 Å². The molecule has 0 spiro atoms. The quantitative estimate of drug-likeness (QED) is 0.117. The van der Waals surface area contributed by atoms with Gasteiger partial charge in [0.05, 0.1) is 24.9 Å². The van der Waals surface area contributed by atoms with E-state index >= 15 is 0 Å². The number of aliphatic hydroxyl groups excluding tert-OH is 5. The number of unbranched alkanes of at least 4 members (excludes halogenated alkanes) is 2. The number of hydrogen-bond acceptors (Lipinski definition) is 12. The standard InChI is InChI=1S/C27H46N2O11/c30-17-21-26(36)27(37)25(35)20(39-21)9-5-15-28(14-4-8-19-18(31)7-6-16-38-19)13-3-1-2-10-24(34)40-29-22(32)11-12-23(29)33/h18-21,25-27,30-31,35-37H,1-17H2/t18?,19-,20+,21?,25?,26+,27?/m0/s1. The monoisotopic (exact) mass is 574 g/mol. The first-order chi connectivity index (χ1) is 19.2. The molecule has 0 saturated carbocycles. The molecule has 13 heteroatoms. The number of hydroxylamine groups is 2. The van der Waals surface area contributed by atoms with E-state index in [0.717, 1.165) is 51.6 Å². The van der Waals surface area contributed by atoms with E-state index in [1.54, 1.807) is 0 Å². The van der Waals surface area contributed by atoms with Crippen molar-refractivity contribution >= 4 is 17.8 Å². The highest BCUT2D eigenvalue weighted by atomic mass is 16.7. The van der Waals surface area contributed by atoms with Gasteiger partial charge in [-0.3, -0.25) is 9.59 Å². The summed E-state index contributed by atoms with van der Waals surface area (Å²) in [4.78, 5) is 42.4. The SMILES string of the molecule is O=C(CCCCCN(CCC[C@@H]1OCCCC1O)CCC[C@H]1OC(CO)[C@@H](O)C(O)C1O)ON1C(=O)CCC1=O. The Labute approximate surface area is 234 Å². The summed E-state index contributed by atoms with van der Waals surface area (Å²) in [6.07, 6.45) is 0.326. The van der Waals surface area contributed by atoms with Crippen molar-refractivity contribution in [2.45, 2.75) is 120 Å². The summed E-state index contributed by atoms with van der Waals surface area (Å²) >= 11 is 0. The van der Waals surface area contributed by atoms with E-state index in [2.05, 4.69) is 4.90 Å². The molecule has 13 nitrogen and oxygen atoms in total. The summed E-state index contributed by atoms with van der Waals surface area (Å²) in [5.41, 5.74) is 0. The molecule has 5 N–H and O–H groups in total. The van der Waals surface area contributed by atoms with Crippen LogP contribution in [0.5, 0.6) is 0 Å². The van der Waals surface area contributed by atoms with E-state index in [0.29, 0.717) is 37.5 Å². The van der Waals surface area contributed by atoms with Crippen molar-refractivity contribution in [1.82, 2.24) is 9.96 Å². The van der Waals surface area contributed by atoms with E-state index in [1.165, 1.54) is 0 Å². The molecule has 0 aromatic rings. The average molecular weight is 575 g/mol. The predicted octanol–water partition coefficient (Wildman–Crippen LogP) is -0.601. The van der Waals surface area contributed by atoms with Gasteiger partial charge in [0.15, 0.2) is 0 Å². The molecule has 40 heavy (non-hydrogen) atoms. The van der Waals surface area contributed by atoms with E-state index in [9.17, 15) is 39.9 Å². The highest BCUT2D eigenvalue weighted by Gasteiger charge is 2.43. The van der Waals surface area contributed by atoms with Gasteiger partial charge in [0.2, 0.25) is 0 Å². The van der Waals surface area contributed by atoms with Gasteiger partial charge < -0.3 is 44.7 Å². The molecule has 3 fully saturated rings. The van der Waals surface area contributed by atoms with Crippen LogP contribution < -0.4 is 0 Å². The van der Waals surface area contributed by atoms with E-state index in [4.69, 9.17) is 14.3 Å². The smallest absolute Gasteiger partial charge is 0.333 e. The number of ether oxygens (including phenoxy) is 2. The lowest BCUT2D eigenvalue weighted by Gasteiger charge is -2.40. The fraction of sp³-hybridized carbons (Fsp3) is 0.889. The third-order valence-corrected chi connectivity index (χ3v) is 7.88. The van der Waals surface area contributed by atoms with Gasteiger partial charge in [0.25, 0.3) is 11.8 Å². The van der Waals surface area contributed by atoms with Crippen molar-refractivity contribution in [2.24, 2.45) is 0 Å². The van der Waals surface area contributed by atoms with Gasteiger partial charge in [-0.1, -0.05) is 6.42 Å². The van der Waals surface area contributed by atoms with Gasteiger partial charge in [0, 0.05) is 25.9 Å². The van der Waals surface area contributed by atoms with Crippen molar-refractivity contribution in [2.75, 3.05) is 32.8 Å². The summed E-state index contributed by atoms with van der Waals surface area (Å²) in [6, 6.07) is 0. The number of carbonyl (C=O) groups excluding carboxylic acids is 3. The summed E-state index contributed by atoms with van der Waals surface area (Å²) in [5, 5.41) is 50.5. The third kappa shape index (κ3) is 9.69. The fourth-order valence-corrected chi connectivity index (χ4v) is 5.47. The Kier molecular flexibility index (Phi) is 13.7. The number of aliphatic hydroxyl groups is 5. The Morgan fingerprint density at radius 3 is 2.12 bits per heavy atom. The minimum absolute atomic E-state index is 0.0597. The van der Waals surface area contributed by atoms with Crippen LogP contribution in [0.1, 0.15) is 77.0 Å². The maximum atomic E-state index is 12.0. The molecule has 0 bridgehead atoms. The van der Waals surface area contributed by atoms with Gasteiger partial charge in [-0.15, -0.1) is 5.06 Å². The molecule has 230 valence electrons. The molecule has 3 saturated heterocycles. The Morgan fingerprint density at radius 2 is 1.48 bits per heavy atom. The van der Waals surface area contributed by atoms with Crippen molar-refractivity contribution in [3.63, 3.8) is 0 Å². The Hall–Kier alpha value is -1.71. The van der Waals surface area contributed by atoms with E-state index in [1.807, 2.05) is 0 Å². The van der Waals surface area contributed by atoms with Gasteiger partial charge in [-0.2, -0.15) is 0 Å². The minimum Gasteiger partial charge on any atom is -0.394 e. The normalized spacial score (nSPS) is 31.2. The Morgan fingerprint density at radius 1 is 0.850 bits per heavy atom. The minimum atomic E-state index is -1.39. The number of amides is 2. The van der Waals surface area contributed by atoms with Crippen molar-refractivity contribution in [3.8, 4) is 0 Å². The summed E-state index contributed by atoms with van der Waals surface area (Å²) in [5.74, 6) is -1.60. The molecule has 3 rings (SSSR count). The number of hydrogen-bond donors (Lipinski definition) is 5. The molecule has 2 amide bonds. The van der Waals surface area contributed by atoms with Crippen LogP contribution in [0.15, 0.2) is 0 Å². The number of imide groups is 1. The highest BCUT2D eigenvalue weighted by molar-refractivity contribution is 6.01. The van der Waals surface area contributed by atoms with Crippen LogP contribution in [0, 0.1) is 0 Å². The van der Waals surface area contributed by atoms with Crippen LogP contribution in [-0.2, 0) is 28.7 Å². The maximum absolute atomic E-state index is 12.0. The average Bonchev–Trinajstić information content (AvgIpc) is 3.25. The molecule has 3 heterocycles.